The van der Waals surface area contributed by atoms with Crippen LogP contribution in [0.5, 0.6) is 0 Å². The van der Waals surface area contributed by atoms with E-state index in [1.165, 1.54) is 17.1 Å². The van der Waals surface area contributed by atoms with Gasteiger partial charge in [-0.3, -0.25) is 0 Å². The Morgan fingerprint density at radius 3 is 2.94 bits per heavy atom. The summed E-state index contributed by atoms with van der Waals surface area (Å²) in [7, 11) is 0. The van der Waals surface area contributed by atoms with Crippen molar-refractivity contribution in [3.8, 4) is 5.82 Å². The second-order valence-corrected chi connectivity index (χ2v) is 3.87. The Hall–Kier alpha value is -2.70. The Morgan fingerprint density at radius 2 is 2.22 bits per heavy atom. The second-order valence-electron chi connectivity index (χ2n) is 3.87. The van der Waals surface area contributed by atoms with Crippen molar-refractivity contribution in [2.75, 3.05) is 0 Å². The third kappa shape index (κ3) is 1.53. The number of carboxylic acid groups (broad SMARTS) is 1. The van der Waals surface area contributed by atoms with Gasteiger partial charge in [-0.2, -0.15) is 14.7 Å². The zero-order chi connectivity index (χ0) is 12.7. The van der Waals surface area contributed by atoms with Gasteiger partial charge in [-0.05, 0) is 30.7 Å². The van der Waals surface area contributed by atoms with Crippen molar-refractivity contribution in [3.63, 3.8) is 0 Å². The molecule has 7 nitrogen and oxygen atoms in total. The third-order valence-corrected chi connectivity index (χ3v) is 2.55. The van der Waals surface area contributed by atoms with Crippen LogP contribution in [0.15, 0.2) is 30.7 Å². The zero-order valence-corrected chi connectivity index (χ0v) is 9.48. The molecule has 0 atom stereocenters. The lowest BCUT2D eigenvalue weighted by atomic mass is 10.3. The monoisotopic (exact) mass is 243 g/mol. The molecule has 0 aliphatic carbocycles. The highest BCUT2D eigenvalue weighted by atomic mass is 16.4. The quantitative estimate of drug-likeness (QED) is 0.723. The summed E-state index contributed by atoms with van der Waals surface area (Å²) in [5, 5.41) is 16.9. The summed E-state index contributed by atoms with van der Waals surface area (Å²) in [4.78, 5) is 14.9. The molecule has 18 heavy (non-hydrogen) atoms. The topological polar surface area (TPSA) is 85.3 Å². The predicted octanol–water partition coefficient (Wildman–Crippen LogP) is 0.922. The number of aromatic nitrogens is 5. The molecule has 0 spiro atoms. The molecule has 1 N–H and O–H groups in total. The first-order valence-corrected chi connectivity index (χ1v) is 5.25. The van der Waals surface area contributed by atoms with Gasteiger partial charge in [0.2, 0.25) is 0 Å². The van der Waals surface area contributed by atoms with E-state index >= 15 is 0 Å². The average molecular weight is 243 g/mol. The van der Waals surface area contributed by atoms with E-state index in [9.17, 15) is 4.79 Å². The molecule has 0 saturated heterocycles. The van der Waals surface area contributed by atoms with Gasteiger partial charge in [0, 0.05) is 6.20 Å². The number of carbonyl (C=O) groups is 1. The first kappa shape index (κ1) is 10.5. The van der Waals surface area contributed by atoms with Crippen molar-refractivity contribution in [3.05, 3.63) is 42.0 Å². The molecule has 0 unspecified atom stereocenters. The summed E-state index contributed by atoms with van der Waals surface area (Å²) in [5.41, 5.74) is 1.68. The maximum atomic E-state index is 10.8. The first-order valence-electron chi connectivity index (χ1n) is 5.25. The number of aryl methyl sites for hydroxylation is 1. The maximum Gasteiger partial charge on any atom is 0.356 e. The maximum absolute atomic E-state index is 10.8. The highest BCUT2D eigenvalue weighted by Crippen LogP contribution is 2.12. The fraction of sp³-hybridized carbons (Fsp3) is 0.0909. The molecule has 3 rings (SSSR count). The van der Waals surface area contributed by atoms with Gasteiger partial charge in [0.25, 0.3) is 0 Å². The lowest BCUT2D eigenvalue weighted by Gasteiger charge is -2.05. The number of carboxylic acids is 1. The van der Waals surface area contributed by atoms with Gasteiger partial charge in [0.1, 0.15) is 6.33 Å². The summed E-state index contributed by atoms with van der Waals surface area (Å²) in [6.07, 6.45) is 3.03. The van der Waals surface area contributed by atoms with E-state index in [1.807, 2.05) is 19.1 Å². The number of nitrogens with zero attached hydrogens (tertiary/aromatic N) is 5. The molecule has 3 heterocycles. The van der Waals surface area contributed by atoms with Gasteiger partial charge in [-0.1, -0.05) is 0 Å². The Morgan fingerprint density at radius 1 is 1.39 bits per heavy atom. The van der Waals surface area contributed by atoms with Crippen molar-refractivity contribution in [2.24, 2.45) is 0 Å². The molecule has 0 aliphatic heterocycles. The van der Waals surface area contributed by atoms with E-state index in [-0.39, 0.29) is 5.69 Å². The van der Waals surface area contributed by atoms with Crippen molar-refractivity contribution in [2.45, 2.75) is 6.92 Å². The Balaban J connectivity index is 2.23. The molecule has 7 heteroatoms. The van der Waals surface area contributed by atoms with Gasteiger partial charge in [0.15, 0.2) is 17.2 Å². The normalized spacial score (nSPS) is 10.9. The molecule has 0 radical (unpaired) electrons. The fourth-order valence-corrected chi connectivity index (χ4v) is 1.76. The zero-order valence-electron chi connectivity index (χ0n) is 9.48. The van der Waals surface area contributed by atoms with Gasteiger partial charge >= 0.3 is 5.97 Å². The van der Waals surface area contributed by atoms with Crippen LogP contribution < -0.4 is 0 Å². The molecule has 0 bridgehead atoms. The molecular formula is C11H9N5O2. The highest BCUT2D eigenvalue weighted by molar-refractivity contribution is 5.85. The van der Waals surface area contributed by atoms with Crippen molar-refractivity contribution in [1.29, 1.82) is 0 Å². The van der Waals surface area contributed by atoms with Crippen molar-refractivity contribution < 1.29 is 9.90 Å². The molecule has 3 aromatic rings. The van der Waals surface area contributed by atoms with Crippen molar-refractivity contribution >= 4 is 11.6 Å². The number of hydrogen-bond donors (Lipinski definition) is 1. The van der Waals surface area contributed by atoms with Crippen LogP contribution in [0, 0.1) is 6.92 Å². The van der Waals surface area contributed by atoms with Crippen LogP contribution >= 0.6 is 0 Å². The van der Waals surface area contributed by atoms with Crippen LogP contribution in [0.4, 0.5) is 0 Å². The second kappa shape index (κ2) is 3.66. The summed E-state index contributed by atoms with van der Waals surface area (Å²) in [6.45, 7) is 1.93. The average Bonchev–Trinajstić information content (AvgIpc) is 2.95. The molecular weight excluding hydrogens is 234 g/mol. The number of hydrogen-bond acceptors (Lipinski definition) is 4. The molecule has 0 saturated carbocycles. The van der Waals surface area contributed by atoms with E-state index in [0.717, 1.165) is 5.56 Å². The highest BCUT2D eigenvalue weighted by Gasteiger charge is 2.11. The third-order valence-electron chi connectivity index (χ3n) is 2.55. The molecule has 0 fully saturated rings. The van der Waals surface area contributed by atoms with Crippen LogP contribution in [0.1, 0.15) is 16.1 Å². The minimum atomic E-state index is -1.06. The van der Waals surface area contributed by atoms with Crippen LogP contribution in [0.3, 0.4) is 0 Å². The standard InChI is InChI=1S/C11H9N5O2/c1-7-4-9-12-6-13-16(9)10(5-7)15-3-2-8(14-15)11(17)18/h2-6H,1H3,(H,17,18). The first-order chi connectivity index (χ1) is 8.65. The Kier molecular flexibility index (Phi) is 2.12. The Bertz CT molecular complexity index is 743. The number of pyridine rings is 1. The Labute approximate surface area is 101 Å². The van der Waals surface area contributed by atoms with E-state index in [0.29, 0.717) is 11.5 Å². The molecule has 0 aromatic carbocycles. The van der Waals surface area contributed by atoms with Gasteiger partial charge < -0.3 is 5.11 Å². The van der Waals surface area contributed by atoms with Crippen LogP contribution in [-0.4, -0.2) is 35.5 Å². The SMILES string of the molecule is Cc1cc(-n2ccc(C(=O)O)n2)n2ncnc2c1. The van der Waals surface area contributed by atoms with Crippen LogP contribution in [-0.2, 0) is 0 Å². The fourth-order valence-electron chi connectivity index (χ4n) is 1.76. The number of rotatable bonds is 2. The summed E-state index contributed by atoms with van der Waals surface area (Å²) < 4.78 is 3.07. The minimum absolute atomic E-state index is 0.00947. The molecule has 3 aromatic heterocycles. The molecule has 90 valence electrons. The van der Waals surface area contributed by atoms with Crippen molar-refractivity contribution in [1.82, 2.24) is 24.4 Å². The summed E-state index contributed by atoms with van der Waals surface area (Å²) in [6, 6.07) is 5.19. The summed E-state index contributed by atoms with van der Waals surface area (Å²) >= 11 is 0. The minimum Gasteiger partial charge on any atom is -0.476 e. The van der Waals surface area contributed by atoms with E-state index < -0.39 is 5.97 Å². The molecule has 0 amide bonds. The van der Waals surface area contributed by atoms with E-state index in [1.54, 1.807) is 10.7 Å². The predicted molar refractivity (Wildman–Crippen MR) is 61.8 cm³/mol. The van der Waals surface area contributed by atoms with Gasteiger partial charge in [0.05, 0.1) is 0 Å². The van der Waals surface area contributed by atoms with Crippen LogP contribution in [0.25, 0.3) is 11.5 Å². The lowest BCUT2D eigenvalue weighted by molar-refractivity contribution is 0.0690. The van der Waals surface area contributed by atoms with E-state index in [2.05, 4.69) is 15.2 Å². The van der Waals surface area contributed by atoms with Crippen LogP contribution in [0.2, 0.25) is 0 Å². The summed E-state index contributed by atoms with van der Waals surface area (Å²) in [5.74, 6) is -0.411. The smallest absolute Gasteiger partial charge is 0.356 e. The number of fused-ring (bicyclic) bond motifs is 1. The number of aromatic carboxylic acids is 1. The lowest BCUT2D eigenvalue weighted by Crippen LogP contribution is -2.06. The van der Waals surface area contributed by atoms with E-state index in [4.69, 9.17) is 5.11 Å². The largest absolute Gasteiger partial charge is 0.476 e. The van der Waals surface area contributed by atoms with Gasteiger partial charge in [-0.15, -0.1) is 0 Å². The van der Waals surface area contributed by atoms with Gasteiger partial charge in [-0.25, -0.2) is 14.5 Å². The molecule has 0 aliphatic rings.